The summed E-state index contributed by atoms with van der Waals surface area (Å²) >= 11 is 6.13. The lowest BCUT2D eigenvalue weighted by atomic mass is 9.87. The van der Waals surface area contributed by atoms with Gasteiger partial charge in [-0.25, -0.2) is 0 Å². The molecule has 0 bridgehead atoms. The van der Waals surface area contributed by atoms with Gasteiger partial charge in [-0.15, -0.1) is 0 Å². The lowest BCUT2D eigenvalue weighted by molar-refractivity contribution is -0.385. The van der Waals surface area contributed by atoms with Crippen molar-refractivity contribution < 1.29 is 19.6 Å². The highest BCUT2D eigenvalue weighted by Crippen LogP contribution is 2.45. The molecule has 1 aliphatic heterocycles. The summed E-state index contributed by atoms with van der Waals surface area (Å²) in [6.45, 7) is 2.14. The maximum Gasteiger partial charge on any atom is 0.280 e. The van der Waals surface area contributed by atoms with Gasteiger partial charge in [0.1, 0.15) is 0 Å². The number of nitrogens with zero attached hydrogens (tertiary/aromatic N) is 2. The first kappa shape index (κ1) is 21.7. The minimum atomic E-state index is -2.19. The number of aryl methyl sites for hydroxylation is 1. The van der Waals surface area contributed by atoms with E-state index in [1.54, 1.807) is 12.1 Å². The summed E-state index contributed by atoms with van der Waals surface area (Å²) in [5.41, 5.74) is -0.175. The van der Waals surface area contributed by atoms with Gasteiger partial charge in [-0.2, -0.15) is 0 Å². The first-order valence-corrected chi connectivity index (χ1v) is 10.2. The van der Waals surface area contributed by atoms with E-state index in [-0.39, 0.29) is 23.4 Å². The number of hydrogen-bond donors (Lipinski definition) is 1. The van der Waals surface area contributed by atoms with Crippen molar-refractivity contribution in [3.05, 3.63) is 104 Å². The Labute approximate surface area is 189 Å². The molecule has 1 heterocycles. The molecule has 0 spiro atoms. The molecular formula is C24H19ClN2O5. The zero-order chi connectivity index (χ0) is 23.0. The van der Waals surface area contributed by atoms with Crippen molar-refractivity contribution in [1.82, 2.24) is 0 Å². The van der Waals surface area contributed by atoms with Gasteiger partial charge in [0.05, 0.1) is 29.1 Å². The van der Waals surface area contributed by atoms with Crippen LogP contribution in [-0.4, -0.2) is 21.7 Å². The number of halogens is 1. The van der Waals surface area contributed by atoms with Gasteiger partial charge in [-0.3, -0.25) is 19.7 Å². The van der Waals surface area contributed by atoms with Crippen LogP contribution in [0.4, 0.5) is 11.4 Å². The van der Waals surface area contributed by atoms with E-state index in [0.717, 1.165) is 11.1 Å². The first-order chi connectivity index (χ1) is 15.2. The smallest absolute Gasteiger partial charge is 0.280 e. The molecule has 0 fully saturated rings. The molecule has 0 unspecified atom stereocenters. The van der Waals surface area contributed by atoms with Crippen molar-refractivity contribution >= 4 is 34.7 Å². The number of nitro benzene ring substituents is 1. The standard InChI is InChI=1S/C24H19ClN2O5/c1-15-6-8-16(9-7-15)14-26-21-11-10-17(25)12-19(21)24(30,23(26)29)13-22(28)18-4-2-3-5-20(18)27(31)32/h2-12,30H,13-14H2,1H3/t24-/m1/s1. The number of rotatable bonds is 6. The van der Waals surface area contributed by atoms with Crippen LogP contribution in [0.1, 0.15) is 33.5 Å². The number of nitro groups is 1. The Hall–Kier alpha value is -3.55. The molecule has 3 aromatic carbocycles. The lowest BCUT2D eigenvalue weighted by Gasteiger charge is -2.23. The van der Waals surface area contributed by atoms with Crippen LogP contribution in [0.15, 0.2) is 66.7 Å². The second-order valence-corrected chi connectivity index (χ2v) is 8.21. The molecule has 0 saturated heterocycles. The van der Waals surface area contributed by atoms with E-state index in [1.807, 2.05) is 31.2 Å². The van der Waals surface area contributed by atoms with Gasteiger partial charge in [0.25, 0.3) is 11.6 Å². The van der Waals surface area contributed by atoms with Crippen LogP contribution >= 0.6 is 11.6 Å². The van der Waals surface area contributed by atoms with E-state index in [1.165, 1.54) is 35.2 Å². The zero-order valence-electron chi connectivity index (χ0n) is 17.1. The van der Waals surface area contributed by atoms with Crippen LogP contribution in [0.25, 0.3) is 0 Å². The van der Waals surface area contributed by atoms with Gasteiger partial charge in [0, 0.05) is 16.7 Å². The Kier molecular flexibility index (Phi) is 5.54. The van der Waals surface area contributed by atoms with E-state index >= 15 is 0 Å². The Morgan fingerprint density at radius 2 is 1.81 bits per heavy atom. The van der Waals surface area contributed by atoms with E-state index < -0.39 is 28.6 Å². The monoisotopic (exact) mass is 450 g/mol. The third-order valence-electron chi connectivity index (χ3n) is 5.57. The van der Waals surface area contributed by atoms with E-state index in [0.29, 0.717) is 10.7 Å². The summed E-state index contributed by atoms with van der Waals surface area (Å²) in [4.78, 5) is 38.5. The van der Waals surface area contributed by atoms with E-state index in [9.17, 15) is 24.8 Å². The fourth-order valence-electron chi connectivity index (χ4n) is 3.92. The lowest BCUT2D eigenvalue weighted by Crippen LogP contribution is -2.41. The van der Waals surface area contributed by atoms with Crippen molar-refractivity contribution in [2.45, 2.75) is 25.5 Å². The minimum Gasteiger partial charge on any atom is -0.375 e. The van der Waals surface area contributed by atoms with Crippen molar-refractivity contribution in [3.63, 3.8) is 0 Å². The van der Waals surface area contributed by atoms with Crippen LogP contribution in [-0.2, 0) is 16.9 Å². The number of hydrogen-bond acceptors (Lipinski definition) is 5. The Morgan fingerprint density at radius 3 is 2.50 bits per heavy atom. The highest BCUT2D eigenvalue weighted by atomic mass is 35.5. The van der Waals surface area contributed by atoms with Gasteiger partial charge in [-0.1, -0.05) is 53.6 Å². The van der Waals surface area contributed by atoms with E-state index in [4.69, 9.17) is 11.6 Å². The maximum absolute atomic E-state index is 13.4. The summed E-state index contributed by atoms with van der Waals surface area (Å²) in [6, 6.07) is 17.7. The molecule has 3 aromatic rings. The highest BCUT2D eigenvalue weighted by molar-refractivity contribution is 6.31. The number of ketones is 1. The number of amides is 1. The molecule has 8 heteroatoms. The molecule has 1 amide bonds. The number of fused-ring (bicyclic) bond motifs is 1. The molecule has 32 heavy (non-hydrogen) atoms. The summed E-state index contributed by atoms with van der Waals surface area (Å²) in [7, 11) is 0. The number of carbonyl (C=O) groups excluding carboxylic acids is 2. The average Bonchev–Trinajstić information content (AvgIpc) is 2.96. The number of Topliss-reactive ketones (excluding diaryl/α,β-unsaturated/α-hetero) is 1. The predicted octanol–water partition coefficient (Wildman–Crippen LogP) is 4.56. The third-order valence-corrected chi connectivity index (χ3v) is 5.81. The van der Waals surface area contributed by atoms with Gasteiger partial charge < -0.3 is 10.0 Å². The quantitative estimate of drug-likeness (QED) is 0.337. The Bertz CT molecular complexity index is 1240. The highest BCUT2D eigenvalue weighted by Gasteiger charge is 2.51. The van der Waals surface area contributed by atoms with Gasteiger partial charge >= 0.3 is 0 Å². The number of para-hydroxylation sites is 1. The molecule has 0 saturated carbocycles. The number of anilines is 1. The van der Waals surface area contributed by atoms with Crippen LogP contribution in [0, 0.1) is 17.0 Å². The summed E-state index contributed by atoms with van der Waals surface area (Å²) in [5, 5.41) is 23.1. The summed E-state index contributed by atoms with van der Waals surface area (Å²) in [5.74, 6) is -1.39. The van der Waals surface area contributed by atoms with Crippen LogP contribution in [0.2, 0.25) is 5.02 Å². The minimum absolute atomic E-state index is 0.167. The van der Waals surface area contributed by atoms with Crippen LogP contribution in [0.5, 0.6) is 0 Å². The normalized spacial score (nSPS) is 17.3. The molecule has 0 radical (unpaired) electrons. The van der Waals surface area contributed by atoms with Gasteiger partial charge in [0.2, 0.25) is 0 Å². The van der Waals surface area contributed by atoms with Crippen LogP contribution < -0.4 is 4.90 Å². The van der Waals surface area contributed by atoms with Crippen molar-refractivity contribution in [2.24, 2.45) is 0 Å². The summed E-state index contributed by atoms with van der Waals surface area (Å²) < 4.78 is 0. The van der Waals surface area contributed by atoms with Crippen LogP contribution in [0.3, 0.4) is 0 Å². The zero-order valence-corrected chi connectivity index (χ0v) is 17.9. The first-order valence-electron chi connectivity index (χ1n) is 9.87. The van der Waals surface area contributed by atoms with Crippen molar-refractivity contribution in [2.75, 3.05) is 4.90 Å². The molecule has 4 rings (SSSR count). The second-order valence-electron chi connectivity index (χ2n) is 7.77. The molecule has 7 nitrogen and oxygen atoms in total. The molecule has 0 aromatic heterocycles. The van der Waals surface area contributed by atoms with Gasteiger partial charge in [-0.05, 0) is 36.8 Å². The number of benzene rings is 3. The molecule has 162 valence electrons. The topological polar surface area (TPSA) is 101 Å². The fourth-order valence-corrected chi connectivity index (χ4v) is 4.09. The Balaban J connectivity index is 1.73. The number of carbonyl (C=O) groups is 2. The second kappa shape index (κ2) is 8.18. The predicted molar refractivity (Wildman–Crippen MR) is 120 cm³/mol. The molecule has 0 aliphatic carbocycles. The number of aliphatic hydroxyl groups is 1. The van der Waals surface area contributed by atoms with Crippen molar-refractivity contribution in [3.8, 4) is 0 Å². The SMILES string of the molecule is Cc1ccc(CN2C(=O)[C@@](O)(CC(=O)c3ccccc3[N+](=O)[O-])c3cc(Cl)ccc32)cc1. The summed E-state index contributed by atoms with van der Waals surface area (Å²) in [6.07, 6.45) is -0.644. The van der Waals surface area contributed by atoms with E-state index in [2.05, 4.69) is 0 Å². The fraction of sp³-hybridized carbons (Fsp3) is 0.167. The molecule has 1 N–H and O–H groups in total. The Morgan fingerprint density at radius 1 is 1.12 bits per heavy atom. The van der Waals surface area contributed by atoms with Crippen molar-refractivity contribution in [1.29, 1.82) is 0 Å². The molecule has 1 atom stereocenters. The molecular weight excluding hydrogens is 432 g/mol. The maximum atomic E-state index is 13.4. The van der Waals surface area contributed by atoms with Gasteiger partial charge in [0.15, 0.2) is 11.4 Å². The molecule has 1 aliphatic rings. The third kappa shape index (κ3) is 3.77. The average molecular weight is 451 g/mol. The largest absolute Gasteiger partial charge is 0.375 e.